The Morgan fingerprint density at radius 3 is 2.24 bits per heavy atom. The molecular formula is C28H41NO4. The average Bonchev–Trinajstić information content (AvgIpc) is 2.81. The van der Waals surface area contributed by atoms with Gasteiger partial charge in [-0.05, 0) is 57.6 Å². The Hall–Kier alpha value is -2.82. The summed E-state index contributed by atoms with van der Waals surface area (Å²) < 4.78 is 10.0. The van der Waals surface area contributed by atoms with E-state index >= 15 is 0 Å². The van der Waals surface area contributed by atoms with Crippen LogP contribution in [-0.2, 0) is 14.3 Å². The van der Waals surface area contributed by atoms with Crippen molar-refractivity contribution in [1.82, 2.24) is 5.32 Å². The molecule has 0 heterocycles. The van der Waals surface area contributed by atoms with E-state index in [4.69, 9.17) is 4.74 Å². The zero-order chi connectivity index (χ0) is 24.2. The topological polar surface area (TPSA) is 64.6 Å². The van der Waals surface area contributed by atoms with Gasteiger partial charge >= 0.3 is 12.1 Å². The largest absolute Gasteiger partial charge is 0.469 e. The molecule has 1 aromatic rings. The Bertz CT molecular complexity index is 740. The fraction of sp³-hybridized carbons (Fsp3) is 0.500. The summed E-state index contributed by atoms with van der Waals surface area (Å²) in [6.07, 6.45) is 20.9. The van der Waals surface area contributed by atoms with Gasteiger partial charge in [-0.3, -0.25) is 4.79 Å². The molecule has 0 radical (unpaired) electrons. The van der Waals surface area contributed by atoms with Gasteiger partial charge < -0.3 is 14.8 Å². The van der Waals surface area contributed by atoms with Gasteiger partial charge in [0.15, 0.2) is 0 Å². The number of hydrogen-bond donors (Lipinski definition) is 1. The number of nitrogens with one attached hydrogen (secondary N) is 1. The van der Waals surface area contributed by atoms with Crippen molar-refractivity contribution in [2.75, 3.05) is 7.11 Å². The molecule has 182 valence electrons. The number of carbonyl (C=O) groups excluding carboxylic acids is 2. The van der Waals surface area contributed by atoms with Crippen molar-refractivity contribution in [3.8, 4) is 0 Å². The van der Waals surface area contributed by atoms with E-state index in [0.717, 1.165) is 37.7 Å². The van der Waals surface area contributed by atoms with Crippen molar-refractivity contribution in [2.24, 2.45) is 0 Å². The number of carbonyl (C=O) groups is 2. The highest BCUT2D eigenvalue weighted by molar-refractivity contribution is 5.69. The number of esters is 1. The number of methoxy groups -OCH3 is 1. The third-order valence-electron chi connectivity index (χ3n) is 5.19. The van der Waals surface area contributed by atoms with E-state index in [1.54, 1.807) is 0 Å². The van der Waals surface area contributed by atoms with Gasteiger partial charge in [0.25, 0.3) is 0 Å². The third kappa shape index (κ3) is 15.6. The van der Waals surface area contributed by atoms with E-state index in [1.165, 1.54) is 26.4 Å². The molecule has 0 saturated carbocycles. The van der Waals surface area contributed by atoms with Crippen LogP contribution in [0.1, 0.15) is 83.2 Å². The van der Waals surface area contributed by atoms with Crippen LogP contribution in [0.2, 0.25) is 0 Å². The molecule has 0 saturated heterocycles. The molecule has 0 aromatic heterocycles. The molecule has 1 N–H and O–H groups in total. The maximum atomic E-state index is 12.0. The summed E-state index contributed by atoms with van der Waals surface area (Å²) >= 11 is 0. The Morgan fingerprint density at radius 1 is 0.879 bits per heavy atom. The molecule has 0 fully saturated rings. The Morgan fingerprint density at radius 2 is 1.52 bits per heavy atom. The molecule has 1 aromatic carbocycles. The Kier molecular flexibility index (Phi) is 16.0. The van der Waals surface area contributed by atoms with Crippen molar-refractivity contribution in [2.45, 2.75) is 83.8 Å². The first-order valence-corrected chi connectivity index (χ1v) is 12.1. The maximum absolute atomic E-state index is 12.0. The summed E-state index contributed by atoms with van der Waals surface area (Å²) in [6.45, 7) is 3.79. The first kappa shape index (κ1) is 28.2. The monoisotopic (exact) mass is 455 g/mol. The van der Waals surface area contributed by atoms with Crippen LogP contribution in [0.15, 0.2) is 66.8 Å². The summed E-state index contributed by atoms with van der Waals surface area (Å²) in [6, 6.07) is 9.72. The van der Waals surface area contributed by atoms with Crippen LogP contribution in [0, 0.1) is 0 Å². The summed E-state index contributed by atoms with van der Waals surface area (Å²) in [5.74, 6) is -0.110. The lowest BCUT2D eigenvalue weighted by atomic mass is 10.1. The average molecular weight is 456 g/mol. The van der Waals surface area contributed by atoms with Crippen LogP contribution in [0.5, 0.6) is 0 Å². The minimum atomic E-state index is -0.412. The van der Waals surface area contributed by atoms with Crippen molar-refractivity contribution < 1.29 is 19.1 Å². The smallest absolute Gasteiger partial charge is 0.408 e. The molecular weight excluding hydrogens is 414 g/mol. The highest BCUT2D eigenvalue weighted by atomic mass is 16.6. The number of rotatable bonds is 16. The first-order chi connectivity index (χ1) is 16.0. The second-order valence-corrected chi connectivity index (χ2v) is 8.11. The van der Waals surface area contributed by atoms with Crippen LogP contribution in [0.3, 0.4) is 0 Å². The normalized spacial score (nSPS) is 13.4. The zero-order valence-corrected chi connectivity index (χ0v) is 20.5. The number of hydrogen-bond acceptors (Lipinski definition) is 4. The standard InChI is InChI=1S/C28H41NO4/c1-24(33-28(31)29-25(2)26-21-17-15-18-22-26)20-16-13-11-9-7-5-4-6-8-10-12-14-19-23-27(30)32-3/h4-5,9,11,15-18,20-22,24-25H,6-8,10,12-14,19,23H2,1-3H3,(H,29,31)/b5-4-,11-9-,20-16-/t24-,25-/m0/s1. The first-order valence-electron chi connectivity index (χ1n) is 12.1. The molecule has 33 heavy (non-hydrogen) atoms. The van der Waals surface area contributed by atoms with E-state index < -0.39 is 6.09 Å². The number of alkyl carbamates (subject to hydrolysis) is 1. The fourth-order valence-corrected chi connectivity index (χ4v) is 3.24. The summed E-state index contributed by atoms with van der Waals surface area (Å²) in [5.41, 5.74) is 1.05. The van der Waals surface area contributed by atoms with E-state index in [1.807, 2.05) is 56.3 Å². The lowest BCUT2D eigenvalue weighted by Gasteiger charge is -2.16. The molecule has 5 nitrogen and oxygen atoms in total. The van der Waals surface area contributed by atoms with Crippen molar-refractivity contribution in [3.05, 3.63) is 72.4 Å². The molecule has 0 aliphatic carbocycles. The molecule has 2 atom stereocenters. The van der Waals surface area contributed by atoms with Crippen LogP contribution < -0.4 is 5.32 Å². The van der Waals surface area contributed by atoms with Crippen molar-refractivity contribution in [3.63, 3.8) is 0 Å². The Balaban J connectivity index is 2.03. The van der Waals surface area contributed by atoms with Gasteiger partial charge in [0, 0.05) is 6.42 Å². The number of unbranched alkanes of at least 4 members (excludes halogenated alkanes) is 5. The van der Waals surface area contributed by atoms with Gasteiger partial charge in [0.2, 0.25) is 0 Å². The number of amides is 1. The summed E-state index contributed by atoms with van der Waals surface area (Å²) in [5, 5.41) is 2.85. The summed E-state index contributed by atoms with van der Waals surface area (Å²) in [7, 11) is 1.44. The van der Waals surface area contributed by atoms with Crippen LogP contribution in [-0.4, -0.2) is 25.3 Å². The third-order valence-corrected chi connectivity index (χ3v) is 5.19. The van der Waals surface area contributed by atoms with Gasteiger partial charge in [0.1, 0.15) is 6.10 Å². The molecule has 0 aliphatic heterocycles. The van der Waals surface area contributed by atoms with Crippen molar-refractivity contribution in [1.29, 1.82) is 0 Å². The lowest BCUT2D eigenvalue weighted by Crippen LogP contribution is -2.29. The quantitative estimate of drug-likeness (QED) is 0.162. The molecule has 0 spiro atoms. The molecule has 0 unspecified atom stereocenters. The van der Waals surface area contributed by atoms with Gasteiger partial charge in [-0.15, -0.1) is 0 Å². The second kappa shape index (κ2) is 18.7. The second-order valence-electron chi connectivity index (χ2n) is 8.11. The number of benzene rings is 1. The molecule has 0 aliphatic rings. The minimum Gasteiger partial charge on any atom is -0.469 e. The van der Waals surface area contributed by atoms with E-state index in [-0.39, 0.29) is 18.1 Å². The van der Waals surface area contributed by atoms with E-state index in [9.17, 15) is 9.59 Å². The highest BCUT2D eigenvalue weighted by Crippen LogP contribution is 2.11. The van der Waals surface area contributed by atoms with Crippen LogP contribution in [0.4, 0.5) is 4.79 Å². The summed E-state index contributed by atoms with van der Waals surface area (Å²) in [4.78, 5) is 23.0. The van der Waals surface area contributed by atoms with Gasteiger partial charge in [-0.1, -0.05) is 80.0 Å². The number of allylic oxidation sites excluding steroid dienone is 5. The van der Waals surface area contributed by atoms with E-state index in [2.05, 4.69) is 34.4 Å². The predicted octanol–water partition coefficient (Wildman–Crippen LogP) is 7.21. The highest BCUT2D eigenvalue weighted by Gasteiger charge is 2.11. The predicted molar refractivity (Wildman–Crippen MR) is 135 cm³/mol. The molecule has 1 amide bonds. The van der Waals surface area contributed by atoms with Crippen LogP contribution >= 0.6 is 0 Å². The fourth-order valence-electron chi connectivity index (χ4n) is 3.24. The van der Waals surface area contributed by atoms with E-state index in [0.29, 0.717) is 6.42 Å². The van der Waals surface area contributed by atoms with Crippen molar-refractivity contribution >= 4 is 12.1 Å². The SMILES string of the molecule is COC(=O)CCCCCCC/C=C\C/C=C\C/C=C\[C@H](C)OC(=O)N[C@@H](C)c1ccccc1. The zero-order valence-electron chi connectivity index (χ0n) is 20.5. The van der Waals surface area contributed by atoms with Gasteiger partial charge in [-0.25, -0.2) is 4.79 Å². The minimum absolute atomic E-state index is 0.0936. The lowest BCUT2D eigenvalue weighted by molar-refractivity contribution is -0.140. The maximum Gasteiger partial charge on any atom is 0.408 e. The number of ether oxygens (including phenoxy) is 2. The van der Waals surface area contributed by atoms with Crippen LogP contribution in [0.25, 0.3) is 0 Å². The van der Waals surface area contributed by atoms with Gasteiger partial charge in [0.05, 0.1) is 13.2 Å². The van der Waals surface area contributed by atoms with Gasteiger partial charge in [-0.2, -0.15) is 0 Å². The molecule has 5 heteroatoms. The molecule has 1 rings (SSSR count). The molecule has 0 bridgehead atoms. The Labute approximate surface area is 199 Å².